The van der Waals surface area contributed by atoms with Gasteiger partial charge in [-0.15, -0.1) is 11.8 Å². The zero-order valence-corrected chi connectivity index (χ0v) is 13.5. The zero-order chi connectivity index (χ0) is 16.9. The van der Waals surface area contributed by atoms with Gasteiger partial charge in [0.1, 0.15) is 11.1 Å². The quantitative estimate of drug-likeness (QED) is 0.573. The Bertz CT molecular complexity index is 590. The van der Waals surface area contributed by atoms with Crippen LogP contribution in [0.15, 0.2) is 11.8 Å². The van der Waals surface area contributed by atoms with Crippen molar-refractivity contribution in [2.24, 2.45) is 5.92 Å². The molecule has 126 valence electrons. The number of hydrogen-bond donors (Lipinski definition) is 2. The topological polar surface area (TPSA) is 107 Å². The summed E-state index contributed by atoms with van der Waals surface area (Å²) < 4.78 is 0. The van der Waals surface area contributed by atoms with Crippen LogP contribution in [0.2, 0.25) is 0 Å². The molecule has 0 aromatic heterocycles. The van der Waals surface area contributed by atoms with Crippen molar-refractivity contribution in [2.75, 3.05) is 0 Å². The summed E-state index contributed by atoms with van der Waals surface area (Å²) in [5, 5.41) is 18.6. The third-order valence-corrected chi connectivity index (χ3v) is 5.56. The molecule has 0 aromatic carbocycles. The van der Waals surface area contributed by atoms with Crippen LogP contribution in [0.4, 0.5) is 4.79 Å². The number of thioether (sulfide) groups is 1. The van der Waals surface area contributed by atoms with Crippen LogP contribution < -0.4 is 0 Å². The highest BCUT2D eigenvalue weighted by atomic mass is 32.2. The molecule has 2 aliphatic heterocycles. The molecule has 2 heterocycles. The smallest absolute Gasteiger partial charge is 0.432 e. The van der Waals surface area contributed by atoms with Crippen molar-refractivity contribution >= 4 is 29.7 Å². The Morgan fingerprint density at radius 1 is 1.43 bits per heavy atom. The Morgan fingerprint density at radius 2 is 2.09 bits per heavy atom. The molecule has 9 heteroatoms. The number of carboxylic acids is 1. The van der Waals surface area contributed by atoms with Crippen LogP contribution in [0.5, 0.6) is 0 Å². The van der Waals surface area contributed by atoms with Gasteiger partial charge >= 0.3 is 12.1 Å². The molecule has 4 atom stereocenters. The van der Waals surface area contributed by atoms with Gasteiger partial charge in [-0.05, 0) is 38.7 Å². The van der Waals surface area contributed by atoms with E-state index in [0.29, 0.717) is 11.0 Å². The Kier molecular flexibility index (Phi) is 4.01. The highest BCUT2D eigenvalue weighted by molar-refractivity contribution is 8.00. The first-order chi connectivity index (χ1) is 10.8. The molecule has 2 fully saturated rings. The second kappa shape index (κ2) is 5.72. The number of hydrogen-bond acceptors (Lipinski definition) is 5. The lowest BCUT2D eigenvalue weighted by Crippen LogP contribution is -2.71. The van der Waals surface area contributed by atoms with Crippen molar-refractivity contribution in [3.8, 4) is 0 Å². The van der Waals surface area contributed by atoms with Crippen LogP contribution in [0.25, 0.3) is 0 Å². The Labute approximate surface area is 137 Å². The lowest BCUT2D eigenvalue weighted by atomic mass is 10.0. The maximum Gasteiger partial charge on any atom is 0.432 e. The normalized spacial score (nSPS) is 30.9. The molecule has 23 heavy (non-hydrogen) atoms. The molecule has 3 rings (SSSR count). The third-order valence-electron chi connectivity index (χ3n) is 4.25. The molecule has 2 N–H and O–H groups in total. The van der Waals surface area contributed by atoms with Crippen molar-refractivity contribution < 1.29 is 29.4 Å². The van der Waals surface area contributed by atoms with Crippen LogP contribution in [-0.2, 0) is 14.4 Å². The van der Waals surface area contributed by atoms with Gasteiger partial charge in [0, 0.05) is 5.25 Å². The van der Waals surface area contributed by atoms with E-state index in [0.717, 1.165) is 17.7 Å². The van der Waals surface area contributed by atoms with Gasteiger partial charge < -0.3 is 10.2 Å². The lowest BCUT2D eigenvalue weighted by molar-refractivity contribution is -0.218. The van der Waals surface area contributed by atoms with E-state index in [4.69, 9.17) is 4.84 Å². The number of carbonyl (C=O) groups is 3. The lowest BCUT2D eigenvalue weighted by Gasteiger charge is -2.51. The summed E-state index contributed by atoms with van der Waals surface area (Å²) in [7, 11) is 0. The summed E-state index contributed by atoms with van der Waals surface area (Å²) in [6, 6.07) is -1.01. The summed E-state index contributed by atoms with van der Waals surface area (Å²) >= 11 is 1.35. The predicted molar refractivity (Wildman–Crippen MR) is 80.3 cm³/mol. The molecule has 8 nitrogen and oxygen atoms in total. The first-order valence-electron chi connectivity index (χ1n) is 7.44. The van der Waals surface area contributed by atoms with E-state index in [9.17, 15) is 24.6 Å². The number of aliphatic carboxylic acids is 1. The number of hydroxylamine groups is 2. The molecule has 3 aliphatic rings. The van der Waals surface area contributed by atoms with E-state index >= 15 is 0 Å². The van der Waals surface area contributed by atoms with Gasteiger partial charge in [-0.2, -0.15) is 5.06 Å². The van der Waals surface area contributed by atoms with E-state index in [1.54, 1.807) is 6.92 Å². The Hall–Kier alpha value is -1.74. The number of β-lactam (4-membered cyclic amide) rings is 1. The second-order valence-electron chi connectivity index (χ2n) is 6.00. The summed E-state index contributed by atoms with van der Waals surface area (Å²) in [5.74, 6) is -1.44. The van der Waals surface area contributed by atoms with Crippen LogP contribution in [0, 0.1) is 5.92 Å². The van der Waals surface area contributed by atoms with Crippen LogP contribution in [0.1, 0.15) is 26.7 Å². The molecule has 1 saturated heterocycles. The van der Waals surface area contributed by atoms with Crippen molar-refractivity contribution in [3.05, 3.63) is 11.8 Å². The van der Waals surface area contributed by atoms with Crippen LogP contribution in [0.3, 0.4) is 0 Å². The maximum absolute atomic E-state index is 12.4. The Morgan fingerprint density at radius 3 is 2.61 bits per heavy atom. The van der Waals surface area contributed by atoms with Gasteiger partial charge in [0.05, 0.1) is 6.10 Å². The number of carboxylic acid groups (broad SMARTS) is 2. The molecule has 2 amide bonds. The highest BCUT2D eigenvalue weighted by Gasteiger charge is 2.58. The number of nitrogens with zero attached hydrogens (tertiary/aromatic N) is 2. The first kappa shape index (κ1) is 16.1. The molecule has 0 bridgehead atoms. The summed E-state index contributed by atoms with van der Waals surface area (Å²) in [6.45, 7) is 3.59. The summed E-state index contributed by atoms with van der Waals surface area (Å²) in [6.07, 6.45) is 1.85. The fourth-order valence-electron chi connectivity index (χ4n) is 2.85. The largest absolute Gasteiger partial charge is 0.477 e. The van der Waals surface area contributed by atoms with Gasteiger partial charge in [0.15, 0.2) is 6.04 Å². The summed E-state index contributed by atoms with van der Waals surface area (Å²) in [4.78, 5) is 41.8. The van der Waals surface area contributed by atoms with Crippen molar-refractivity contribution in [1.82, 2.24) is 9.96 Å². The molecule has 0 radical (unpaired) electrons. The van der Waals surface area contributed by atoms with Gasteiger partial charge in [-0.25, -0.2) is 9.59 Å². The number of carbonyl (C=O) groups excluding carboxylic acids is 1. The minimum absolute atomic E-state index is 0.0944. The molecule has 0 spiro atoms. The third kappa shape index (κ3) is 2.78. The van der Waals surface area contributed by atoms with Crippen LogP contribution in [-0.4, -0.2) is 60.9 Å². The number of rotatable bonds is 5. The standard InChI is InChI=1S/C14H18N2O6S/c1-6-5-9(13(18)19)15-11(17)10(12(15)23-6)16(14(20)21)22-7(2)8-3-4-8/h5-8,10,12H,3-4H2,1-2H3,(H,18,19)(H,20,21)/t6?,7?,10?,12-/m0/s1. The van der Waals surface area contributed by atoms with Crippen molar-refractivity contribution in [2.45, 2.75) is 49.5 Å². The minimum Gasteiger partial charge on any atom is -0.477 e. The highest BCUT2D eigenvalue weighted by Crippen LogP contribution is 2.43. The van der Waals surface area contributed by atoms with E-state index < -0.39 is 29.4 Å². The number of fused-ring (bicyclic) bond motifs is 1. The monoisotopic (exact) mass is 342 g/mol. The average molecular weight is 342 g/mol. The predicted octanol–water partition coefficient (Wildman–Crippen LogP) is 1.34. The molecular weight excluding hydrogens is 324 g/mol. The molecule has 0 aromatic rings. The van der Waals surface area contributed by atoms with Gasteiger partial charge in [-0.1, -0.05) is 0 Å². The summed E-state index contributed by atoms with van der Waals surface area (Å²) in [5.41, 5.74) is -0.0944. The maximum atomic E-state index is 12.4. The number of amides is 2. The van der Waals surface area contributed by atoms with Crippen molar-refractivity contribution in [3.63, 3.8) is 0 Å². The average Bonchev–Trinajstić information content (AvgIpc) is 3.29. The molecular formula is C14H18N2O6S. The fraction of sp³-hybridized carbons (Fsp3) is 0.643. The van der Waals surface area contributed by atoms with Gasteiger partial charge in [-0.3, -0.25) is 14.5 Å². The zero-order valence-electron chi connectivity index (χ0n) is 12.7. The first-order valence-corrected chi connectivity index (χ1v) is 8.38. The minimum atomic E-state index is -1.34. The van der Waals surface area contributed by atoms with Gasteiger partial charge in [0.2, 0.25) is 0 Å². The van der Waals surface area contributed by atoms with Gasteiger partial charge in [0.25, 0.3) is 5.91 Å². The Balaban J connectivity index is 1.80. The van der Waals surface area contributed by atoms with E-state index in [1.165, 1.54) is 17.8 Å². The fourth-order valence-corrected chi connectivity index (χ4v) is 4.22. The molecule has 3 unspecified atom stereocenters. The van der Waals surface area contributed by atoms with E-state index in [1.807, 2.05) is 6.92 Å². The second-order valence-corrected chi connectivity index (χ2v) is 7.50. The van der Waals surface area contributed by atoms with E-state index in [2.05, 4.69) is 0 Å². The molecule has 1 saturated carbocycles. The van der Waals surface area contributed by atoms with Crippen LogP contribution >= 0.6 is 11.8 Å². The molecule has 1 aliphatic carbocycles. The SMILES string of the molecule is CC1C=C(C(=O)O)N2C(=O)C(N(OC(C)C3CC3)C(=O)O)[C@@H]2S1. The van der Waals surface area contributed by atoms with Crippen molar-refractivity contribution in [1.29, 1.82) is 0 Å². The van der Waals surface area contributed by atoms with E-state index in [-0.39, 0.29) is 17.1 Å².